The second kappa shape index (κ2) is 4.87. The lowest BCUT2D eigenvalue weighted by Crippen LogP contribution is -2.68. The van der Waals surface area contributed by atoms with Gasteiger partial charge >= 0.3 is 0 Å². The van der Waals surface area contributed by atoms with Crippen LogP contribution in [-0.2, 0) is 0 Å². The molecular weight excluding hydrogens is 210 g/mol. The van der Waals surface area contributed by atoms with Gasteiger partial charge in [-0.25, -0.2) is 0 Å². The third kappa shape index (κ3) is 2.38. The van der Waals surface area contributed by atoms with Gasteiger partial charge < -0.3 is 10.6 Å². The van der Waals surface area contributed by atoms with Crippen molar-refractivity contribution in [2.75, 3.05) is 33.2 Å². The molecule has 3 nitrogen and oxygen atoms in total. The van der Waals surface area contributed by atoms with Crippen LogP contribution in [0.15, 0.2) is 0 Å². The van der Waals surface area contributed by atoms with Crippen molar-refractivity contribution < 1.29 is 0 Å². The predicted molar refractivity (Wildman–Crippen MR) is 73.0 cm³/mol. The molecular formula is C14H29N3. The fourth-order valence-electron chi connectivity index (χ4n) is 3.75. The summed E-state index contributed by atoms with van der Waals surface area (Å²) >= 11 is 0. The highest BCUT2D eigenvalue weighted by molar-refractivity contribution is 5.06. The Labute approximate surface area is 106 Å². The van der Waals surface area contributed by atoms with Gasteiger partial charge in [-0.05, 0) is 38.6 Å². The van der Waals surface area contributed by atoms with E-state index < -0.39 is 0 Å². The van der Waals surface area contributed by atoms with E-state index in [0.717, 1.165) is 18.4 Å². The zero-order chi connectivity index (χ0) is 12.6. The monoisotopic (exact) mass is 239 g/mol. The van der Waals surface area contributed by atoms with Crippen molar-refractivity contribution in [3.05, 3.63) is 0 Å². The Bertz CT molecular complexity index is 258. The number of hydrogen-bond donors (Lipinski definition) is 1. The molecule has 0 aromatic rings. The number of likely N-dealkylation sites (N-methyl/N-ethyl adjacent to an activating group) is 1. The van der Waals surface area contributed by atoms with Gasteiger partial charge in [-0.1, -0.05) is 13.8 Å². The molecule has 1 atom stereocenters. The molecule has 2 fully saturated rings. The van der Waals surface area contributed by atoms with E-state index in [9.17, 15) is 0 Å². The Hall–Kier alpha value is -0.120. The molecule has 17 heavy (non-hydrogen) atoms. The van der Waals surface area contributed by atoms with Crippen LogP contribution in [0, 0.1) is 11.8 Å². The number of hydrogen-bond acceptors (Lipinski definition) is 3. The topological polar surface area (TPSA) is 32.5 Å². The fourth-order valence-corrected chi connectivity index (χ4v) is 3.75. The van der Waals surface area contributed by atoms with Gasteiger partial charge in [0, 0.05) is 37.8 Å². The number of rotatable bonds is 3. The average Bonchev–Trinajstić information content (AvgIpc) is 2.19. The van der Waals surface area contributed by atoms with E-state index in [2.05, 4.69) is 37.6 Å². The van der Waals surface area contributed by atoms with E-state index in [-0.39, 0.29) is 0 Å². The van der Waals surface area contributed by atoms with E-state index in [1.54, 1.807) is 0 Å². The summed E-state index contributed by atoms with van der Waals surface area (Å²) in [7, 11) is 2.22. The minimum Gasteiger partial charge on any atom is -0.329 e. The molecule has 1 aliphatic carbocycles. The fraction of sp³-hybridized carbons (Fsp3) is 1.00. The van der Waals surface area contributed by atoms with Crippen molar-refractivity contribution in [3.63, 3.8) is 0 Å². The number of nitrogens with zero attached hydrogens (tertiary/aromatic N) is 2. The van der Waals surface area contributed by atoms with Crippen molar-refractivity contribution in [2.45, 2.75) is 45.2 Å². The highest BCUT2D eigenvalue weighted by Crippen LogP contribution is 2.46. The van der Waals surface area contributed by atoms with Gasteiger partial charge in [-0.2, -0.15) is 0 Å². The van der Waals surface area contributed by atoms with Crippen LogP contribution in [0.4, 0.5) is 0 Å². The summed E-state index contributed by atoms with van der Waals surface area (Å²) in [6.07, 6.45) is 2.63. The lowest BCUT2D eigenvalue weighted by Gasteiger charge is -2.59. The molecule has 2 rings (SSSR count). The van der Waals surface area contributed by atoms with Crippen LogP contribution >= 0.6 is 0 Å². The Kier molecular flexibility index (Phi) is 3.81. The van der Waals surface area contributed by atoms with Crippen LogP contribution in [-0.4, -0.2) is 54.6 Å². The molecule has 0 bridgehead atoms. The first-order valence-corrected chi connectivity index (χ1v) is 7.14. The Balaban J connectivity index is 2.00. The second-order valence-electron chi connectivity index (χ2n) is 6.65. The number of nitrogens with two attached hydrogens (primary N) is 1. The van der Waals surface area contributed by atoms with E-state index in [1.165, 1.54) is 32.5 Å². The van der Waals surface area contributed by atoms with Crippen molar-refractivity contribution in [3.8, 4) is 0 Å². The van der Waals surface area contributed by atoms with E-state index in [1.807, 2.05) is 0 Å². The van der Waals surface area contributed by atoms with Crippen LogP contribution in [0.25, 0.3) is 0 Å². The standard InChI is InChI=1S/C14H29N3/c1-11(2)13-7-14(8-13,10-15)17-6-5-16(4)9-12(17)3/h11-13H,5-10,15H2,1-4H3. The molecule has 3 heteroatoms. The Morgan fingerprint density at radius 1 is 1.29 bits per heavy atom. The Morgan fingerprint density at radius 3 is 2.41 bits per heavy atom. The zero-order valence-corrected chi connectivity index (χ0v) is 11.9. The third-order valence-corrected chi connectivity index (χ3v) is 5.05. The van der Waals surface area contributed by atoms with Gasteiger partial charge in [-0.15, -0.1) is 0 Å². The first-order valence-electron chi connectivity index (χ1n) is 7.14. The Morgan fingerprint density at radius 2 is 1.94 bits per heavy atom. The minimum absolute atomic E-state index is 0.329. The first-order chi connectivity index (χ1) is 7.98. The van der Waals surface area contributed by atoms with Crippen molar-refractivity contribution in [1.82, 2.24) is 9.80 Å². The van der Waals surface area contributed by atoms with Gasteiger partial charge in [0.1, 0.15) is 0 Å². The van der Waals surface area contributed by atoms with Gasteiger partial charge in [0.2, 0.25) is 0 Å². The lowest BCUT2D eigenvalue weighted by atomic mass is 9.62. The normalized spacial score (nSPS) is 40.6. The lowest BCUT2D eigenvalue weighted by molar-refractivity contribution is -0.0789. The second-order valence-corrected chi connectivity index (χ2v) is 6.65. The van der Waals surface area contributed by atoms with Crippen LogP contribution in [0.1, 0.15) is 33.6 Å². The van der Waals surface area contributed by atoms with E-state index in [0.29, 0.717) is 11.6 Å². The molecule has 1 aliphatic heterocycles. The van der Waals surface area contributed by atoms with Crippen molar-refractivity contribution >= 4 is 0 Å². The molecule has 0 spiro atoms. The summed E-state index contributed by atoms with van der Waals surface area (Å²) in [5, 5.41) is 0. The summed E-state index contributed by atoms with van der Waals surface area (Å²) in [5.74, 6) is 1.71. The number of piperazine rings is 1. The van der Waals surface area contributed by atoms with Crippen LogP contribution < -0.4 is 5.73 Å². The predicted octanol–water partition coefficient (Wildman–Crippen LogP) is 1.39. The summed E-state index contributed by atoms with van der Waals surface area (Å²) < 4.78 is 0. The molecule has 2 N–H and O–H groups in total. The van der Waals surface area contributed by atoms with Crippen molar-refractivity contribution in [1.29, 1.82) is 0 Å². The first kappa shape index (κ1) is 13.3. The maximum absolute atomic E-state index is 6.10. The third-order valence-electron chi connectivity index (χ3n) is 5.05. The maximum Gasteiger partial charge on any atom is 0.0341 e. The smallest absolute Gasteiger partial charge is 0.0341 e. The van der Waals surface area contributed by atoms with Crippen LogP contribution in [0.3, 0.4) is 0 Å². The van der Waals surface area contributed by atoms with E-state index >= 15 is 0 Å². The van der Waals surface area contributed by atoms with Crippen LogP contribution in [0.5, 0.6) is 0 Å². The van der Waals surface area contributed by atoms with E-state index in [4.69, 9.17) is 5.73 Å². The quantitative estimate of drug-likeness (QED) is 0.808. The largest absolute Gasteiger partial charge is 0.329 e. The minimum atomic E-state index is 0.329. The van der Waals surface area contributed by atoms with Crippen molar-refractivity contribution in [2.24, 2.45) is 17.6 Å². The SMILES string of the molecule is CC(C)C1CC(CN)(N2CCN(C)CC2C)C1. The molecule has 1 heterocycles. The summed E-state index contributed by atoms with van der Waals surface area (Å²) in [4.78, 5) is 5.13. The van der Waals surface area contributed by atoms with Gasteiger partial charge in [0.15, 0.2) is 0 Å². The molecule has 1 saturated carbocycles. The maximum atomic E-state index is 6.10. The summed E-state index contributed by atoms with van der Waals surface area (Å²) in [6.45, 7) is 11.5. The molecule has 0 radical (unpaired) electrons. The summed E-state index contributed by atoms with van der Waals surface area (Å²) in [6, 6.07) is 0.658. The molecule has 1 saturated heterocycles. The highest BCUT2D eigenvalue weighted by Gasteiger charge is 2.50. The molecule has 2 aliphatic rings. The average molecular weight is 239 g/mol. The molecule has 0 amide bonds. The van der Waals surface area contributed by atoms with Crippen LogP contribution in [0.2, 0.25) is 0 Å². The van der Waals surface area contributed by atoms with Gasteiger partial charge in [0.25, 0.3) is 0 Å². The molecule has 0 aromatic heterocycles. The summed E-state index contributed by atoms with van der Waals surface area (Å²) in [5.41, 5.74) is 6.43. The van der Waals surface area contributed by atoms with Gasteiger partial charge in [-0.3, -0.25) is 4.90 Å². The highest BCUT2D eigenvalue weighted by atomic mass is 15.3. The van der Waals surface area contributed by atoms with Gasteiger partial charge in [0.05, 0.1) is 0 Å². The molecule has 1 unspecified atom stereocenters. The molecule has 0 aromatic carbocycles. The molecule has 100 valence electrons. The zero-order valence-electron chi connectivity index (χ0n) is 11.9.